The first kappa shape index (κ1) is 16.5. The van der Waals surface area contributed by atoms with E-state index in [1.807, 2.05) is 0 Å². The first-order chi connectivity index (χ1) is 10.9. The van der Waals surface area contributed by atoms with Crippen molar-refractivity contribution in [1.29, 1.82) is 0 Å². The summed E-state index contributed by atoms with van der Waals surface area (Å²) in [5, 5.41) is 12.7. The van der Waals surface area contributed by atoms with Gasteiger partial charge in [-0.3, -0.25) is 4.79 Å². The zero-order chi connectivity index (χ0) is 17.0. The van der Waals surface area contributed by atoms with Crippen molar-refractivity contribution in [1.82, 2.24) is 15.0 Å². The van der Waals surface area contributed by atoms with Crippen LogP contribution in [-0.4, -0.2) is 45.1 Å². The Morgan fingerprint density at radius 3 is 2.70 bits per heavy atom. The van der Waals surface area contributed by atoms with Gasteiger partial charge in [0.2, 0.25) is 11.7 Å². The molecule has 1 heterocycles. The Hall–Kier alpha value is -2.90. The van der Waals surface area contributed by atoms with E-state index in [0.717, 1.165) is 4.90 Å². The minimum atomic E-state index is -1.08. The highest BCUT2D eigenvalue weighted by Crippen LogP contribution is 2.21. The minimum absolute atomic E-state index is 0.0415. The molecule has 8 heteroatoms. The van der Waals surface area contributed by atoms with Gasteiger partial charge in [-0.15, -0.1) is 0 Å². The van der Waals surface area contributed by atoms with E-state index in [2.05, 4.69) is 10.1 Å². The number of nitrogens with zero attached hydrogens (tertiary/aromatic N) is 3. The zero-order valence-electron chi connectivity index (χ0n) is 13.0. The number of hydrogen-bond acceptors (Lipinski definition) is 6. The number of aromatic nitrogens is 2. The Morgan fingerprint density at radius 1 is 1.39 bits per heavy atom. The molecular formula is C15H17N3O5. The summed E-state index contributed by atoms with van der Waals surface area (Å²) in [4.78, 5) is 28.6. The van der Waals surface area contributed by atoms with Gasteiger partial charge in [0, 0.05) is 14.0 Å². The summed E-state index contributed by atoms with van der Waals surface area (Å²) in [6.45, 7) is 3.14. The number of carboxylic acid groups (broad SMARTS) is 1. The third-order valence-electron chi connectivity index (χ3n) is 3.30. The van der Waals surface area contributed by atoms with Crippen molar-refractivity contribution in [3.05, 3.63) is 41.5 Å². The monoisotopic (exact) mass is 319 g/mol. The van der Waals surface area contributed by atoms with E-state index >= 15 is 0 Å². The highest BCUT2D eigenvalue weighted by molar-refractivity contribution is 5.98. The number of benzene rings is 1. The molecule has 0 fully saturated rings. The van der Waals surface area contributed by atoms with Crippen molar-refractivity contribution in [2.24, 2.45) is 0 Å². The molecule has 1 unspecified atom stereocenters. The van der Waals surface area contributed by atoms with Crippen LogP contribution in [0.25, 0.3) is 0 Å². The lowest BCUT2D eigenvalue weighted by Crippen LogP contribution is -2.40. The van der Waals surface area contributed by atoms with Crippen LogP contribution in [0, 0.1) is 6.92 Å². The largest absolute Gasteiger partial charge is 0.485 e. The fraction of sp³-hybridized carbons (Fsp3) is 0.333. The lowest BCUT2D eigenvalue weighted by molar-refractivity contribution is -0.141. The molecule has 0 spiro atoms. The highest BCUT2D eigenvalue weighted by Gasteiger charge is 2.25. The first-order valence-corrected chi connectivity index (χ1v) is 6.91. The predicted molar refractivity (Wildman–Crippen MR) is 79.0 cm³/mol. The van der Waals surface area contributed by atoms with Crippen molar-refractivity contribution in [2.45, 2.75) is 26.5 Å². The Morgan fingerprint density at radius 2 is 2.09 bits per heavy atom. The van der Waals surface area contributed by atoms with Gasteiger partial charge in [0.05, 0.1) is 5.56 Å². The molecule has 122 valence electrons. The molecule has 0 radical (unpaired) electrons. The minimum Gasteiger partial charge on any atom is -0.485 e. The molecule has 0 aliphatic rings. The smallest absolute Gasteiger partial charge is 0.326 e. The van der Waals surface area contributed by atoms with Gasteiger partial charge in [-0.05, 0) is 19.1 Å². The highest BCUT2D eigenvalue weighted by atomic mass is 16.5. The van der Waals surface area contributed by atoms with Gasteiger partial charge in [0.1, 0.15) is 11.8 Å². The summed E-state index contributed by atoms with van der Waals surface area (Å²) >= 11 is 0. The molecule has 2 aromatic rings. The molecule has 0 bridgehead atoms. The zero-order valence-corrected chi connectivity index (χ0v) is 13.0. The second-order valence-corrected chi connectivity index (χ2v) is 4.94. The third kappa shape index (κ3) is 3.85. The van der Waals surface area contributed by atoms with Crippen molar-refractivity contribution in [3.8, 4) is 5.75 Å². The molecule has 1 atom stereocenters. The number of aliphatic carboxylic acids is 1. The van der Waals surface area contributed by atoms with Gasteiger partial charge in [-0.1, -0.05) is 17.3 Å². The van der Waals surface area contributed by atoms with Gasteiger partial charge < -0.3 is 19.3 Å². The predicted octanol–water partition coefficient (Wildman–Crippen LogP) is 1.50. The van der Waals surface area contributed by atoms with Crippen LogP contribution < -0.4 is 4.74 Å². The Labute approximate surface area is 132 Å². The van der Waals surface area contributed by atoms with Crippen molar-refractivity contribution in [2.75, 3.05) is 7.05 Å². The first-order valence-electron chi connectivity index (χ1n) is 6.91. The quantitative estimate of drug-likeness (QED) is 0.860. The molecule has 8 nitrogen and oxygen atoms in total. The van der Waals surface area contributed by atoms with E-state index in [1.54, 1.807) is 31.2 Å². The maximum absolute atomic E-state index is 12.5. The van der Waals surface area contributed by atoms with Gasteiger partial charge in [-0.2, -0.15) is 4.98 Å². The van der Waals surface area contributed by atoms with Crippen LogP contribution in [-0.2, 0) is 11.4 Å². The fourth-order valence-corrected chi connectivity index (χ4v) is 1.84. The number of rotatable bonds is 6. The third-order valence-corrected chi connectivity index (χ3v) is 3.30. The molecular weight excluding hydrogens is 302 g/mol. The van der Waals surface area contributed by atoms with E-state index in [9.17, 15) is 9.59 Å². The number of para-hydroxylation sites is 1. The maximum atomic E-state index is 12.5. The number of ether oxygens (including phenoxy) is 1. The summed E-state index contributed by atoms with van der Waals surface area (Å²) in [6.07, 6.45) is 0. The standard InChI is InChI=1S/C15H17N3O5/c1-9(15(20)21)18(3)14(19)11-6-4-5-7-12(11)22-8-13-16-10(2)23-17-13/h4-7,9H,8H2,1-3H3,(H,20,21). The van der Waals surface area contributed by atoms with Gasteiger partial charge >= 0.3 is 5.97 Å². The molecule has 1 N–H and O–H groups in total. The number of carbonyl (C=O) groups is 2. The molecule has 1 amide bonds. The number of amides is 1. The average Bonchev–Trinajstić information content (AvgIpc) is 2.96. The topological polar surface area (TPSA) is 106 Å². The fourth-order valence-electron chi connectivity index (χ4n) is 1.84. The Kier molecular flexibility index (Phi) is 4.95. The lowest BCUT2D eigenvalue weighted by Gasteiger charge is -2.22. The number of carbonyl (C=O) groups excluding carboxylic acids is 1. The Bertz CT molecular complexity index is 713. The van der Waals surface area contributed by atoms with Crippen LogP contribution in [0.2, 0.25) is 0 Å². The van der Waals surface area contributed by atoms with Gasteiger partial charge in [-0.25, -0.2) is 4.79 Å². The number of likely N-dealkylation sites (N-methyl/N-ethyl adjacent to an activating group) is 1. The lowest BCUT2D eigenvalue weighted by atomic mass is 10.1. The summed E-state index contributed by atoms with van der Waals surface area (Å²) in [5.74, 6) is -0.425. The van der Waals surface area contributed by atoms with E-state index in [1.165, 1.54) is 14.0 Å². The van der Waals surface area contributed by atoms with E-state index in [4.69, 9.17) is 14.4 Å². The van der Waals surface area contributed by atoms with E-state index in [-0.39, 0.29) is 12.2 Å². The Balaban J connectivity index is 2.16. The van der Waals surface area contributed by atoms with E-state index in [0.29, 0.717) is 17.5 Å². The molecule has 0 saturated carbocycles. The van der Waals surface area contributed by atoms with Crippen LogP contribution in [0.15, 0.2) is 28.8 Å². The molecule has 23 heavy (non-hydrogen) atoms. The van der Waals surface area contributed by atoms with Crippen LogP contribution in [0.4, 0.5) is 0 Å². The van der Waals surface area contributed by atoms with E-state index < -0.39 is 17.9 Å². The number of hydrogen-bond donors (Lipinski definition) is 1. The summed E-state index contributed by atoms with van der Waals surface area (Å²) < 4.78 is 10.4. The SMILES string of the molecule is Cc1nc(COc2ccccc2C(=O)N(C)C(C)C(=O)O)no1. The van der Waals surface area contributed by atoms with Crippen LogP contribution >= 0.6 is 0 Å². The van der Waals surface area contributed by atoms with Crippen molar-refractivity contribution >= 4 is 11.9 Å². The second-order valence-electron chi connectivity index (χ2n) is 4.94. The molecule has 0 aliphatic heterocycles. The molecule has 0 saturated heterocycles. The second kappa shape index (κ2) is 6.91. The molecule has 1 aromatic carbocycles. The number of carboxylic acids is 1. The van der Waals surface area contributed by atoms with Crippen molar-refractivity contribution in [3.63, 3.8) is 0 Å². The molecule has 1 aromatic heterocycles. The van der Waals surface area contributed by atoms with Crippen molar-refractivity contribution < 1.29 is 24.0 Å². The van der Waals surface area contributed by atoms with Gasteiger partial charge in [0.25, 0.3) is 5.91 Å². The molecule has 2 rings (SSSR count). The summed E-state index contributed by atoms with van der Waals surface area (Å²) in [7, 11) is 1.43. The van der Waals surface area contributed by atoms with Crippen LogP contribution in [0.1, 0.15) is 29.0 Å². The average molecular weight is 319 g/mol. The number of aryl methyl sites for hydroxylation is 1. The summed E-state index contributed by atoms with van der Waals surface area (Å²) in [6, 6.07) is 5.64. The maximum Gasteiger partial charge on any atom is 0.326 e. The van der Waals surface area contributed by atoms with Gasteiger partial charge in [0.15, 0.2) is 6.61 Å². The normalized spacial score (nSPS) is 11.8. The van der Waals surface area contributed by atoms with Crippen LogP contribution in [0.3, 0.4) is 0 Å². The molecule has 0 aliphatic carbocycles. The van der Waals surface area contributed by atoms with Crippen LogP contribution in [0.5, 0.6) is 5.75 Å². The summed E-state index contributed by atoms with van der Waals surface area (Å²) in [5.41, 5.74) is 0.267.